The summed E-state index contributed by atoms with van der Waals surface area (Å²) in [6.07, 6.45) is 7.58. The maximum atomic E-state index is 12.9. The predicted octanol–water partition coefficient (Wildman–Crippen LogP) is 2.93. The highest BCUT2D eigenvalue weighted by molar-refractivity contribution is 5.98. The summed E-state index contributed by atoms with van der Waals surface area (Å²) in [6.45, 7) is 3.41. The molecule has 1 N–H and O–H groups in total. The molecule has 1 aromatic rings. The highest BCUT2D eigenvalue weighted by atomic mass is 16.5. The minimum absolute atomic E-state index is 0.0595. The Morgan fingerprint density at radius 1 is 1.12 bits per heavy atom. The number of nitrogens with one attached hydrogen (secondary N) is 1. The zero-order valence-corrected chi connectivity index (χ0v) is 14.2. The van der Waals surface area contributed by atoms with Crippen LogP contribution in [0.1, 0.15) is 60.4 Å². The molecule has 5 aliphatic rings. The molecular formula is C20H26N2O2. The lowest BCUT2D eigenvalue weighted by Gasteiger charge is -2.44. The molecule has 6 rings (SSSR count). The van der Waals surface area contributed by atoms with Crippen LogP contribution in [0.25, 0.3) is 0 Å². The minimum Gasteiger partial charge on any atom is -0.489 e. The fraction of sp³-hybridized carbons (Fsp3) is 0.650. The van der Waals surface area contributed by atoms with Crippen molar-refractivity contribution >= 4 is 5.91 Å². The summed E-state index contributed by atoms with van der Waals surface area (Å²) in [4.78, 5) is 15.4. The summed E-state index contributed by atoms with van der Waals surface area (Å²) in [7, 11) is 0. The highest BCUT2D eigenvalue weighted by Gasteiger charge is 2.39. The van der Waals surface area contributed by atoms with Gasteiger partial charge in [0.2, 0.25) is 0 Å². The van der Waals surface area contributed by atoms with Gasteiger partial charge in [-0.25, -0.2) is 0 Å². The minimum atomic E-state index is 0.0595. The van der Waals surface area contributed by atoms with Gasteiger partial charge < -0.3 is 15.0 Å². The number of piperidine rings is 3. The van der Waals surface area contributed by atoms with Crippen molar-refractivity contribution in [2.24, 2.45) is 5.92 Å². The van der Waals surface area contributed by atoms with Gasteiger partial charge in [0, 0.05) is 24.1 Å². The van der Waals surface area contributed by atoms with Gasteiger partial charge in [0.25, 0.3) is 5.91 Å². The van der Waals surface area contributed by atoms with Crippen LogP contribution >= 0.6 is 0 Å². The number of nitrogens with zero attached hydrogens (tertiary/aromatic N) is 1. The van der Waals surface area contributed by atoms with Crippen molar-refractivity contribution in [3.05, 3.63) is 29.3 Å². The molecule has 4 heterocycles. The average molecular weight is 326 g/mol. The molecule has 1 aromatic carbocycles. The molecular weight excluding hydrogens is 300 g/mol. The molecule has 0 aromatic heterocycles. The summed E-state index contributed by atoms with van der Waals surface area (Å²) in [5, 5.41) is 3.32. The van der Waals surface area contributed by atoms with Crippen molar-refractivity contribution < 1.29 is 9.53 Å². The molecule has 3 saturated heterocycles. The van der Waals surface area contributed by atoms with E-state index in [9.17, 15) is 4.79 Å². The SMILES string of the molecule is O=C(NC1CN2CCC1CC2)c1cccc2c1OC1CCCCC21. The first-order valence-electron chi connectivity index (χ1n) is 9.62. The van der Waals surface area contributed by atoms with E-state index in [0.717, 1.165) is 24.3 Å². The summed E-state index contributed by atoms with van der Waals surface area (Å²) >= 11 is 0. The van der Waals surface area contributed by atoms with Crippen LogP contribution < -0.4 is 10.1 Å². The number of ether oxygens (including phenoxy) is 1. The Bertz CT molecular complexity index is 651. The lowest BCUT2D eigenvalue weighted by molar-refractivity contribution is 0.0617. The van der Waals surface area contributed by atoms with E-state index in [4.69, 9.17) is 4.74 Å². The second kappa shape index (κ2) is 5.76. The van der Waals surface area contributed by atoms with E-state index >= 15 is 0 Å². The number of fused-ring (bicyclic) bond motifs is 6. The van der Waals surface area contributed by atoms with Crippen molar-refractivity contribution in [3.63, 3.8) is 0 Å². The third-order valence-corrected chi connectivity index (χ3v) is 6.63. The number of hydrogen-bond donors (Lipinski definition) is 1. The molecule has 3 unspecified atom stereocenters. The highest BCUT2D eigenvalue weighted by Crippen LogP contribution is 2.47. The molecule has 1 saturated carbocycles. The van der Waals surface area contributed by atoms with Gasteiger partial charge >= 0.3 is 0 Å². The number of para-hydroxylation sites is 1. The lowest BCUT2D eigenvalue weighted by atomic mass is 9.82. The topological polar surface area (TPSA) is 41.6 Å². The third-order valence-electron chi connectivity index (χ3n) is 6.63. The van der Waals surface area contributed by atoms with Crippen LogP contribution in [-0.2, 0) is 0 Å². The van der Waals surface area contributed by atoms with E-state index in [1.54, 1.807) is 0 Å². The van der Waals surface area contributed by atoms with Gasteiger partial charge in [0.15, 0.2) is 0 Å². The first-order chi connectivity index (χ1) is 11.8. The molecule has 4 fully saturated rings. The van der Waals surface area contributed by atoms with Crippen LogP contribution in [0.2, 0.25) is 0 Å². The number of amides is 1. The summed E-state index contributed by atoms with van der Waals surface area (Å²) in [5.41, 5.74) is 2.01. The van der Waals surface area contributed by atoms with Crippen molar-refractivity contribution in [3.8, 4) is 5.75 Å². The lowest BCUT2D eigenvalue weighted by Crippen LogP contribution is -2.57. The fourth-order valence-corrected chi connectivity index (χ4v) is 5.28. The summed E-state index contributed by atoms with van der Waals surface area (Å²) in [6, 6.07) is 6.44. The largest absolute Gasteiger partial charge is 0.489 e. The Balaban J connectivity index is 1.38. The van der Waals surface area contributed by atoms with Crippen molar-refractivity contribution in [1.82, 2.24) is 10.2 Å². The molecule has 4 heteroatoms. The van der Waals surface area contributed by atoms with E-state index in [1.807, 2.05) is 12.1 Å². The van der Waals surface area contributed by atoms with Crippen molar-refractivity contribution in [1.29, 1.82) is 0 Å². The van der Waals surface area contributed by atoms with Gasteiger partial charge in [-0.2, -0.15) is 0 Å². The van der Waals surface area contributed by atoms with Crippen LogP contribution in [0.5, 0.6) is 5.75 Å². The van der Waals surface area contributed by atoms with E-state index < -0.39 is 0 Å². The standard InChI is InChI=1S/C20H26N2O2/c23-20(21-17-12-22-10-8-13(17)9-11-22)16-6-3-5-15-14-4-1-2-7-18(14)24-19(15)16/h3,5-6,13-14,17-18H,1-2,4,7-12H2,(H,21,23). The molecule has 0 radical (unpaired) electrons. The Labute approximate surface area is 143 Å². The number of benzene rings is 1. The molecule has 2 bridgehead atoms. The monoisotopic (exact) mass is 326 g/mol. The molecule has 24 heavy (non-hydrogen) atoms. The number of carbonyl (C=O) groups is 1. The maximum Gasteiger partial charge on any atom is 0.255 e. The summed E-state index contributed by atoms with van der Waals surface area (Å²) in [5.74, 6) is 2.08. The van der Waals surface area contributed by atoms with Gasteiger partial charge in [-0.1, -0.05) is 18.6 Å². The Kier molecular flexibility index (Phi) is 3.55. The van der Waals surface area contributed by atoms with Crippen LogP contribution in [0.3, 0.4) is 0 Å². The second-order valence-corrected chi connectivity index (χ2v) is 7.99. The number of hydrogen-bond acceptors (Lipinski definition) is 3. The maximum absolute atomic E-state index is 12.9. The quantitative estimate of drug-likeness (QED) is 0.908. The normalized spacial score (nSPS) is 36.6. The van der Waals surface area contributed by atoms with E-state index in [0.29, 0.717) is 24.0 Å². The molecule has 4 aliphatic heterocycles. The fourth-order valence-electron chi connectivity index (χ4n) is 5.28. The van der Waals surface area contributed by atoms with Gasteiger partial charge in [0.1, 0.15) is 11.9 Å². The second-order valence-electron chi connectivity index (χ2n) is 7.99. The average Bonchev–Trinajstić information content (AvgIpc) is 3.01. The van der Waals surface area contributed by atoms with Crippen molar-refractivity contribution in [2.45, 2.75) is 56.6 Å². The molecule has 1 amide bonds. The first kappa shape index (κ1) is 14.8. The zero-order chi connectivity index (χ0) is 16.1. The van der Waals surface area contributed by atoms with Gasteiger partial charge in [-0.15, -0.1) is 0 Å². The van der Waals surface area contributed by atoms with Crippen molar-refractivity contribution in [2.75, 3.05) is 19.6 Å². The van der Waals surface area contributed by atoms with Gasteiger partial charge in [-0.05, 0) is 57.2 Å². The van der Waals surface area contributed by atoms with Crippen LogP contribution in [0.4, 0.5) is 0 Å². The smallest absolute Gasteiger partial charge is 0.255 e. The molecule has 4 nitrogen and oxygen atoms in total. The van der Waals surface area contributed by atoms with Crippen LogP contribution in [0.15, 0.2) is 18.2 Å². The molecule has 128 valence electrons. The third kappa shape index (κ3) is 2.34. The van der Waals surface area contributed by atoms with E-state index in [2.05, 4.69) is 16.3 Å². The van der Waals surface area contributed by atoms with E-state index in [-0.39, 0.29) is 5.91 Å². The summed E-state index contributed by atoms with van der Waals surface area (Å²) < 4.78 is 6.24. The Morgan fingerprint density at radius 3 is 2.75 bits per heavy atom. The molecule has 1 aliphatic carbocycles. The Morgan fingerprint density at radius 2 is 1.96 bits per heavy atom. The predicted molar refractivity (Wildman–Crippen MR) is 92.5 cm³/mol. The first-order valence-corrected chi connectivity index (χ1v) is 9.62. The van der Waals surface area contributed by atoms with Gasteiger partial charge in [0.05, 0.1) is 5.56 Å². The Hall–Kier alpha value is -1.55. The van der Waals surface area contributed by atoms with Gasteiger partial charge in [-0.3, -0.25) is 4.79 Å². The zero-order valence-electron chi connectivity index (χ0n) is 14.2. The molecule has 3 atom stereocenters. The van der Waals surface area contributed by atoms with Crippen LogP contribution in [0, 0.1) is 5.92 Å². The molecule has 0 spiro atoms. The van der Waals surface area contributed by atoms with E-state index in [1.165, 1.54) is 50.8 Å². The number of rotatable bonds is 2. The number of carbonyl (C=O) groups excluding carboxylic acids is 1. The van der Waals surface area contributed by atoms with Crippen LogP contribution in [-0.4, -0.2) is 42.6 Å².